The second kappa shape index (κ2) is 6.28. The zero-order valence-electron chi connectivity index (χ0n) is 7.94. The molecular formula is C10H13N3S. The normalized spacial score (nSPS) is 9.64. The van der Waals surface area contributed by atoms with E-state index in [2.05, 4.69) is 11.1 Å². The number of aromatic nitrogens is 1. The number of hydrogen-bond donors (Lipinski definition) is 1. The van der Waals surface area contributed by atoms with E-state index in [1.807, 2.05) is 12.1 Å². The minimum Gasteiger partial charge on any atom is -0.397 e. The van der Waals surface area contributed by atoms with E-state index in [0.717, 1.165) is 23.6 Å². The molecular weight excluding hydrogens is 194 g/mol. The first-order chi connectivity index (χ1) is 6.83. The molecule has 0 unspecified atom stereocenters. The van der Waals surface area contributed by atoms with Crippen molar-refractivity contribution in [3.63, 3.8) is 0 Å². The van der Waals surface area contributed by atoms with Crippen molar-refractivity contribution in [1.29, 1.82) is 5.26 Å². The third-order valence-electron chi connectivity index (χ3n) is 1.69. The van der Waals surface area contributed by atoms with Crippen molar-refractivity contribution in [2.75, 3.05) is 11.5 Å². The molecule has 3 nitrogen and oxygen atoms in total. The lowest BCUT2D eigenvalue weighted by molar-refractivity contribution is 0.829. The molecule has 4 heteroatoms. The highest BCUT2D eigenvalue weighted by molar-refractivity contribution is 7.99. The molecule has 0 spiro atoms. The summed E-state index contributed by atoms with van der Waals surface area (Å²) in [5.41, 5.74) is 6.21. The highest BCUT2D eigenvalue weighted by Gasteiger charge is 1.95. The van der Waals surface area contributed by atoms with Gasteiger partial charge in [-0.05, 0) is 30.7 Å². The Morgan fingerprint density at radius 2 is 2.29 bits per heavy atom. The summed E-state index contributed by atoms with van der Waals surface area (Å²) in [6.45, 7) is 0. The molecule has 2 N–H and O–H groups in total. The van der Waals surface area contributed by atoms with Gasteiger partial charge in [-0.1, -0.05) is 0 Å². The summed E-state index contributed by atoms with van der Waals surface area (Å²) in [6, 6.07) is 5.91. The van der Waals surface area contributed by atoms with Gasteiger partial charge in [0.2, 0.25) is 0 Å². The van der Waals surface area contributed by atoms with Crippen LogP contribution in [0.2, 0.25) is 0 Å². The van der Waals surface area contributed by atoms with E-state index in [1.165, 1.54) is 0 Å². The fourth-order valence-corrected chi connectivity index (χ4v) is 1.81. The molecule has 0 amide bonds. The number of anilines is 1. The first kappa shape index (κ1) is 10.9. The van der Waals surface area contributed by atoms with E-state index in [1.54, 1.807) is 18.0 Å². The van der Waals surface area contributed by atoms with Crippen LogP contribution in [0.4, 0.5) is 5.69 Å². The molecule has 0 fully saturated rings. The van der Waals surface area contributed by atoms with Crippen molar-refractivity contribution in [2.45, 2.75) is 24.3 Å². The molecule has 14 heavy (non-hydrogen) atoms. The van der Waals surface area contributed by atoms with Crippen LogP contribution in [-0.2, 0) is 0 Å². The molecule has 0 radical (unpaired) electrons. The minimum atomic E-state index is 0.649. The van der Waals surface area contributed by atoms with Crippen molar-refractivity contribution in [3.05, 3.63) is 18.3 Å². The van der Waals surface area contributed by atoms with E-state index >= 15 is 0 Å². The summed E-state index contributed by atoms with van der Waals surface area (Å²) in [7, 11) is 0. The quantitative estimate of drug-likeness (QED) is 0.595. The van der Waals surface area contributed by atoms with Crippen LogP contribution in [0.3, 0.4) is 0 Å². The van der Waals surface area contributed by atoms with E-state index in [0.29, 0.717) is 12.1 Å². The van der Waals surface area contributed by atoms with E-state index in [4.69, 9.17) is 11.0 Å². The van der Waals surface area contributed by atoms with Crippen LogP contribution in [0.25, 0.3) is 0 Å². The van der Waals surface area contributed by atoms with Gasteiger partial charge in [-0.15, -0.1) is 11.8 Å². The predicted molar refractivity (Wildman–Crippen MR) is 58.8 cm³/mol. The number of nitrogen functional groups attached to an aromatic ring is 1. The van der Waals surface area contributed by atoms with Gasteiger partial charge >= 0.3 is 0 Å². The molecule has 0 aliphatic rings. The lowest BCUT2D eigenvalue weighted by atomic mass is 10.3. The Balaban J connectivity index is 2.19. The number of nitrogens with zero attached hydrogens (tertiary/aromatic N) is 2. The number of pyridine rings is 1. The SMILES string of the molecule is N#CCCCCSc1ccc(N)cn1. The second-order valence-corrected chi connectivity index (χ2v) is 4.01. The van der Waals surface area contributed by atoms with E-state index in [-0.39, 0.29) is 0 Å². The molecule has 0 saturated heterocycles. The highest BCUT2D eigenvalue weighted by atomic mass is 32.2. The first-order valence-corrected chi connectivity index (χ1v) is 5.53. The average Bonchev–Trinajstić information content (AvgIpc) is 2.21. The summed E-state index contributed by atoms with van der Waals surface area (Å²) < 4.78 is 0. The fourth-order valence-electron chi connectivity index (χ4n) is 0.960. The number of hydrogen-bond acceptors (Lipinski definition) is 4. The molecule has 0 bridgehead atoms. The maximum atomic E-state index is 8.33. The number of rotatable bonds is 5. The largest absolute Gasteiger partial charge is 0.397 e. The summed E-state index contributed by atoms with van der Waals surface area (Å²) in [5.74, 6) is 1.01. The fraction of sp³-hybridized carbons (Fsp3) is 0.400. The van der Waals surface area contributed by atoms with Gasteiger partial charge in [0.25, 0.3) is 0 Å². The summed E-state index contributed by atoms with van der Waals surface area (Å²) in [4.78, 5) is 4.17. The van der Waals surface area contributed by atoms with Gasteiger partial charge in [0.15, 0.2) is 0 Å². The Kier molecular flexibility index (Phi) is 4.87. The summed E-state index contributed by atoms with van der Waals surface area (Å²) in [5, 5.41) is 9.33. The number of thioether (sulfide) groups is 1. The Morgan fingerprint density at radius 3 is 2.93 bits per heavy atom. The standard InChI is InChI=1S/C10H13N3S/c11-6-2-1-3-7-14-10-5-4-9(12)8-13-10/h4-5,8H,1-3,7,12H2. The zero-order chi connectivity index (χ0) is 10.2. The average molecular weight is 207 g/mol. The van der Waals surface area contributed by atoms with Gasteiger partial charge in [0.05, 0.1) is 23.0 Å². The molecule has 0 aliphatic heterocycles. The van der Waals surface area contributed by atoms with Crippen LogP contribution in [0.1, 0.15) is 19.3 Å². The molecule has 0 atom stereocenters. The summed E-state index contributed by atoms with van der Waals surface area (Å²) >= 11 is 1.70. The third-order valence-corrected chi connectivity index (χ3v) is 2.72. The smallest absolute Gasteiger partial charge is 0.0961 e. The van der Waals surface area contributed by atoms with Gasteiger partial charge < -0.3 is 5.73 Å². The summed E-state index contributed by atoms with van der Waals surface area (Å²) in [6.07, 6.45) is 4.34. The number of unbranched alkanes of at least 4 members (excludes halogenated alkanes) is 2. The van der Waals surface area contributed by atoms with Crippen LogP contribution in [0, 0.1) is 11.3 Å². The molecule has 0 saturated carbocycles. The van der Waals surface area contributed by atoms with Crippen molar-refractivity contribution in [3.8, 4) is 6.07 Å². The Morgan fingerprint density at radius 1 is 1.43 bits per heavy atom. The molecule has 74 valence electrons. The highest BCUT2D eigenvalue weighted by Crippen LogP contribution is 2.17. The number of nitriles is 1. The lowest BCUT2D eigenvalue weighted by Crippen LogP contribution is -1.87. The molecule has 1 rings (SSSR count). The van der Waals surface area contributed by atoms with Crippen molar-refractivity contribution in [1.82, 2.24) is 4.98 Å². The molecule has 0 aliphatic carbocycles. The monoisotopic (exact) mass is 207 g/mol. The molecule has 1 aromatic rings. The Bertz CT molecular complexity index is 302. The zero-order valence-corrected chi connectivity index (χ0v) is 8.76. The first-order valence-electron chi connectivity index (χ1n) is 4.54. The van der Waals surface area contributed by atoms with Gasteiger partial charge in [0, 0.05) is 6.42 Å². The Hall–Kier alpha value is -1.21. The predicted octanol–water partition coefficient (Wildman–Crippen LogP) is 2.45. The third kappa shape index (κ3) is 4.15. The topological polar surface area (TPSA) is 62.7 Å². The van der Waals surface area contributed by atoms with Gasteiger partial charge in [0.1, 0.15) is 0 Å². The number of nitrogens with two attached hydrogens (primary N) is 1. The maximum absolute atomic E-state index is 8.33. The van der Waals surface area contributed by atoms with Crippen LogP contribution in [0.15, 0.2) is 23.4 Å². The van der Waals surface area contributed by atoms with Gasteiger partial charge in [-0.3, -0.25) is 0 Å². The van der Waals surface area contributed by atoms with Gasteiger partial charge in [-0.25, -0.2) is 4.98 Å². The molecule has 1 heterocycles. The maximum Gasteiger partial charge on any atom is 0.0961 e. The molecule has 1 aromatic heterocycles. The van der Waals surface area contributed by atoms with E-state index in [9.17, 15) is 0 Å². The van der Waals surface area contributed by atoms with Crippen LogP contribution in [-0.4, -0.2) is 10.7 Å². The van der Waals surface area contributed by atoms with Crippen molar-refractivity contribution in [2.24, 2.45) is 0 Å². The van der Waals surface area contributed by atoms with Crippen LogP contribution < -0.4 is 5.73 Å². The van der Waals surface area contributed by atoms with Crippen LogP contribution in [0.5, 0.6) is 0 Å². The van der Waals surface area contributed by atoms with E-state index < -0.39 is 0 Å². The van der Waals surface area contributed by atoms with Crippen molar-refractivity contribution >= 4 is 17.4 Å². The minimum absolute atomic E-state index is 0.649. The molecule has 0 aromatic carbocycles. The van der Waals surface area contributed by atoms with Crippen LogP contribution >= 0.6 is 11.8 Å². The van der Waals surface area contributed by atoms with Gasteiger partial charge in [-0.2, -0.15) is 5.26 Å². The second-order valence-electron chi connectivity index (χ2n) is 2.89. The Labute approximate surface area is 88.3 Å². The van der Waals surface area contributed by atoms with Crippen molar-refractivity contribution < 1.29 is 0 Å². The lowest BCUT2D eigenvalue weighted by Gasteiger charge is -1.99.